The summed E-state index contributed by atoms with van der Waals surface area (Å²) in [5.74, 6) is 0.207. The van der Waals surface area contributed by atoms with Crippen LogP contribution in [0.15, 0.2) is 24.3 Å². The third-order valence-corrected chi connectivity index (χ3v) is 6.13. The lowest BCUT2D eigenvalue weighted by Crippen LogP contribution is -2.45. The Morgan fingerprint density at radius 2 is 2.00 bits per heavy atom. The Hall–Kier alpha value is -1.93. The van der Waals surface area contributed by atoms with E-state index in [9.17, 15) is 18.0 Å². The highest BCUT2D eigenvalue weighted by Crippen LogP contribution is 2.33. The number of piperidine rings is 1. The fraction of sp³-hybridized carbons (Fsp3) is 0.474. The number of rotatable bonds is 3. The van der Waals surface area contributed by atoms with Crippen LogP contribution in [0.2, 0.25) is 0 Å². The third-order valence-electron chi connectivity index (χ3n) is 4.94. The molecule has 1 amide bonds. The van der Waals surface area contributed by atoms with E-state index < -0.39 is 11.7 Å². The van der Waals surface area contributed by atoms with Crippen molar-refractivity contribution < 1.29 is 18.0 Å². The predicted molar refractivity (Wildman–Crippen MR) is 99.6 cm³/mol. The summed E-state index contributed by atoms with van der Waals surface area (Å²) in [5, 5.41) is 0.547. The fourth-order valence-electron chi connectivity index (χ4n) is 3.29. The van der Waals surface area contributed by atoms with Crippen molar-refractivity contribution in [2.75, 3.05) is 13.1 Å². The van der Waals surface area contributed by atoms with E-state index in [1.165, 1.54) is 23.5 Å². The number of alkyl halides is 3. The molecule has 0 saturated carbocycles. The van der Waals surface area contributed by atoms with Crippen LogP contribution in [0, 0.1) is 12.8 Å². The molecule has 3 rings (SSSR count). The minimum Gasteiger partial charge on any atom is -0.338 e. The number of nitrogens with two attached hydrogens (primary N) is 1. The Bertz CT molecular complexity index is 815. The molecule has 1 aliphatic heterocycles. The number of carbonyl (C=O) groups is 1. The second kappa shape index (κ2) is 7.59. The molecule has 8 heteroatoms. The Morgan fingerprint density at radius 1 is 1.33 bits per heavy atom. The summed E-state index contributed by atoms with van der Waals surface area (Å²) in [7, 11) is 0. The van der Waals surface area contributed by atoms with Crippen LogP contribution in [0.5, 0.6) is 0 Å². The molecule has 1 aliphatic rings. The van der Waals surface area contributed by atoms with E-state index in [1.807, 2.05) is 11.8 Å². The Labute approximate surface area is 160 Å². The Kier molecular flexibility index (Phi) is 5.58. The van der Waals surface area contributed by atoms with Gasteiger partial charge in [-0.1, -0.05) is 12.1 Å². The molecule has 27 heavy (non-hydrogen) atoms. The summed E-state index contributed by atoms with van der Waals surface area (Å²) >= 11 is 1.22. The maximum absolute atomic E-state index is 12.9. The SMILES string of the molecule is Cc1nc(-c2ccc(C(F)(F)F)cc2)sc1C(=O)N1CCC[C@@H]([C@H](C)N)C1. The van der Waals surface area contributed by atoms with Crippen molar-refractivity contribution in [2.24, 2.45) is 11.7 Å². The summed E-state index contributed by atoms with van der Waals surface area (Å²) in [6.45, 7) is 5.03. The number of benzene rings is 1. The number of carbonyl (C=O) groups excluding carboxylic acids is 1. The van der Waals surface area contributed by atoms with Gasteiger partial charge in [0, 0.05) is 24.7 Å². The number of hydrogen-bond acceptors (Lipinski definition) is 4. The molecule has 1 saturated heterocycles. The summed E-state index contributed by atoms with van der Waals surface area (Å²) in [5.41, 5.74) is 6.46. The Balaban J connectivity index is 1.81. The molecule has 0 unspecified atom stereocenters. The smallest absolute Gasteiger partial charge is 0.338 e. The van der Waals surface area contributed by atoms with Crippen molar-refractivity contribution in [3.8, 4) is 10.6 Å². The number of aromatic nitrogens is 1. The summed E-state index contributed by atoms with van der Waals surface area (Å²) in [6, 6.07) is 4.88. The Morgan fingerprint density at radius 3 is 2.59 bits per heavy atom. The van der Waals surface area contributed by atoms with E-state index in [0.29, 0.717) is 34.2 Å². The van der Waals surface area contributed by atoms with Gasteiger partial charge in [-0.15, -0.1) is 11.3 Å². The highest BCUT2D eigenvalue weighted by Gasteiger charge is 2.31. The minimum atomic E-state index is -4.37. The molecule has 4 nitrogen and oxygen atoms in total. The van der Waals surface area contributed by atoms with E-state index in [0.717, 1.165) is 25.0 Å². The van der Waals surface area contributed by atoms with E-state index in [2.05, 4.69) is 4.98 Å². The van der Waals surface area contributed by atoms with Crippen molar-refractivity contribution in [2.45, 2.75) is 38.9 Å². The van der Waals surface area contributed by atoms with Gasteiger partial charge in [0.15, 0.2) is 0 Å². The van der Waals surface area contributed by atoms with Crippen LogP contribution in [-0.4, -0.2) is 34.9 Å². The molecule has 1 aromatic heterocycles. The lowest BCUT2D eigenvalue weighted by molar-refractivity contribution is -0.137. The number of hydrogen-bond donors (Lipinski definition) is 1. The summed E-state index contributed by atoms with van der Waals surface area (Å²) < 4.78 is 38.2. The molecule has 2 heterocycles. The zero-order valence-corrected chi connectivity index (χ0v) is 16.0. The van der Waals surface area contributed by atoms with Crippen LogP contribution in [0.1, 0.15) is 40.7 Å². The van der Waals surface area contributed by atoms with Crippen molar-refractivity contribution in [1.29, 1.82) is 0 Å². The van der Waals surface area contributed by atoms with Crippen LogP contribution < -0.4 is 5.73 Å². The minimum absolute atomic E-state index is 0.0332. The molecule has 1 fully saturated rings. The highest BCUT2D eigenvalue weighted by atomic mass is 32.1. The van der Waals surface area contributed by atoms with Gasteiger partial charge in [-0.2, -0.15) is 13.2 Å². The van der Waals surface area contributed by atoms with E-state index in [-0.39, 0.29) is 17.9 Å². The lowest BCUT2D eigenvalue weighted by Gasteiger charge is -2.34. The predicted octanol–water partition coefficient (Wildman–Crippen LogP) is 4.34. The van der Waals surface area contributed by atoms with Gasteiger partial charge >= 0.3 is 6.18 Å². The molecule has 0 spiro atoms. The van der Waals surface area contributed by atoms with Gasteiger partial charge in [0.05, 0.1) is 11.3 Å². The zero-order chi connectivity index (χ0) is 19.8. The van der Waals surface area contributed by atoms with Gasteiger partial charge in [0.25, 0.3) is 5.91 Å². The van der Waals surface area contributed by atoms with Crippen molar-refractivity contribution in [3.63, 3.8) is 0 Å². The second-order valence-electron chi connectivity index (χ2n) is 7.02. The molecular formula is C19H22F3N3OS. The van der Waals surface area contributed by atoms with Crippen LogP contribution in [0.4, 0.5) is 13.2 Å². The first-order valence-electron chi connectivity index (χ1n) is 8.86. The van der Waals surface area contributed by atoms with Gasteiger partial charge in [-0.25, -0.2) is 4.98 Å². The standard InChI is InChI=1S/C19H22F3N3OS/c1-11(23)14-4-3-9-25(10-14)18(26)16-12(2)24-17(27-16)13-5-7-15(8-6-13)19(20,21)22/h5-8,11,14H,3-4,9-10,23H2,1-2H3/t11-,14+/m0/s1. The average Bonchev–Trinajstić information content (AvgIpc) is 3.02. The normalized spacial score (nSPS) is 19.2. The van der Waals surface area contributed by atoms with Crippen molar-refractivity contribution >= 4 is 17.2 Å². The van der Waals surface area contributed by atoms with Crippen molar-refractivity contribution in [1.82, 2.24) is 9.88 Å². The molecule has 2 atom stereocenters. The third kappa shape index (κ3) is 4.32. The maximum atomic E-state index is 12.9. The van der Waals surface area contributed by atoms with Crippen LogP contribution in [0.3, 0.4) is 0 Å². The van der Waals surface area contributed by atoms with Crippen LogP contribution >= 0.6 is 11.3 Å². The maximum Gasteiger partial charge on any atom is 0.416 e. The van der Waals surface area contributed by atoms with Crippen molar-refractivity contribution in [3.05, 3.63) is 40.4 Å². The second-order valence-corrected chi connectivity index (χ2v) is 8.02. The molecule has 0 bridgehead atoms. The molecule has 1 aromatic carbocycles. The molecule has 2 aromatic rings. The van der Waals surface area contributed by atoms with Gasteiger partial charge in [-0.05, 0) is 44.7 Å². The van der Waals surface area contributed by atoms with Crippen LogP contribution in [0.25, 0.3) is 10.6 Å². The monoisotopic (exact) mass is 397 g/mol. The van der Waals surface area contributed by atoms with Gasteiger partial charge in [0.2, 0.25) is 0 Å². The van der Waals surface area contributed by atoms with Crippen LogP contribution in [-0.2, 0) is 6.18 Å². The zero-order valence-electron chi connectivity index (χ0n) is 15.2. The average molecular weight is 397 g/mol. The quantitative estimate of drug-likeness (QED) is 0.838. The molecule has 0 radical (unpaired) electrons. The largest absolute Gasteiger partial charge is 0.416 e. The first-order valence-corrected chi connectivity index (χ1v) is 9.68. The van der Waals surface area contributed by atoms with Gasteiger partial charge in [0.1, 0.15) is 9.88 Å². The molecule has 2 N–H and O–H groups in total. The van der Waals surface area contributed by atoms with E-state index in [4.69, 9.17) is 5.73 Å². The topological polar surface area (TPSA) is 59.2 Å². The number of likely N-dealkylation sites (tertiary alicyclic amines) is 1. The lowest BCUT2D eigenvalue weighted by atomic mass is 9.92. The number of halogens is 3. The molecular weight excluding hydrogens is 375 g/mol. The van der Waals surface area contributed by atoms with E-state index >= 15 is 0 Å². The van der Waals surface area contributed by atoms with E-state index in [1.54, 1.807) is 6.92 Å². The number of nitrogens with zero attached hydrogens (tertiary/aromatic N) is 2. The summed E-state index contributed by atoms with van der Waals surface area (Å²) in [6.07, 6.45) is -2.44. The number of amides is 1. The number of aryl methyl sites for hydroxylation is 1. The first kappa shape index (κ1) is 19.8. The number of thiazole rings is 1. The van der Waals surface area contributed by atoms with Gasteiger partial charge < -0.3 is 10.6 Å². The summed E-state index contributed by atoms with van der Waals surface area (Å²) in [4.78, 5) is 19.7. The highest BCUT2D eigenvalue weighted by molar-refractivity contribution is 7.17. The first-order chi connectivity index (χ1) is 12.7. The molecule has 0 aliphatic carbocycles. The van der Waals surface area contributed by atoms with Gasteiger partial charge in [-0.3, -0.25) is 4.79 Å². The molecule has 146 valence electrons. The fourth-order valence-corrected chi connectivity index (χ4v) is 4.33.